The first kappa shape index (κ1) is 34.5. The Kier molecular flexibility index (Phi) is 9.89. The number of hydrogen-bond acceptors (Lipinski definition) is 8. The summed E-state index contributed by atoms with van der Waals surface area (Å²) in [6.45, 7) is 4.27. The van der Waals surface area contributed by atoms with Gasteiger partial charge in [0.05, 0.1) is 33.8 Å². The summed E-state index contributed by atoms with van der Waals surface area (Å²) in [6.07, 6.45) is 12.3. The summed E-state index contributed by atoms with van der Waals surface area (Å²) in [6, 6.07) is 14.0. The lowest BCUT2D eigenvalue weighted by molar-refractivity contribution is -0.141. The van der Waals surface area contributed by atoms with E-state index in [-0.39, 0.29) is 23.9 Å². The topological polar surface area (TPSA) is 112 Å². The lowest BCUT2D eigenvalue weighted by Crippen LogP contribution is -2.49. The molecule has 50 heavy (non-hydrogen) atoms. The van der Waals surface area contributed by atoms with Crippen LogP contribution in [0.15, 0.2) is 65.2 Å². The maximum atomic E-state index is 14.3. The van der Waals surface area contributed by atoms with Crippen LogP contribution in [0, 0.1) is 18.8 Å². The summed E-state index contributed by atoms with van der Waals surface area (Å²) < 4.78 is 38.3. The van der Waals surface area contributed by atoms with Gasteiger partial charge in [-0.25, -0.2) is 4.21 Å². The Balaban J connectivity index is 1.24. The molecule has 3 aromatic rings. The number of allylic oxidation sites excluding steroid dienone is 1. The maximum absolute atomic E-state index is 14.3. The summed E-state index contributed by atoms with van der Waals surface area (Å²) in [5.74, 6) is -0.117. The molecule has 5 atom stereocenters. The summed E-state index contributed by atoms with van der Waals surface area (Å²) in [7, 11) is 0.254. The zero-order valence-corrected chi connectivity index (χ0v) is 30.2. The minimum atomic E-state index is -3.28. The van der Waals surface area contributed by atoms with Crippen LogP contribution in [0.1, 0.15) is 71.3 Å². The first-order chi connectivity index (χ1) is 24.1. The van der Waals surface area contributed by atoms with Crippen molar-refractivity contribution < 1.29 is 28.0 Å². The van der Waals surface area contributed by atoms with Crippen molar-refractivity contribution in [1.29, 1.82) is 0 Å². The monoisotopic (exact) mass is 700 g/mol. The molecule has 11 heteroatoms. The van der Waals surface area contributed by atoms with Gasteiger partial charge in [-0.15, -0.1) is 0 Å². The molecule has 2 aliphatic heterocycles. The quantitative estimate of drug-likeness (QED) is 0.238. The molecule has 2 bridgehead atoms. The van der Waals surface area contributed by atoms with Crippen LogP contribution in [0.4, 0.5) is 5.69 Å². The second-order valence-corrected chi connectivity index (χ2v) is 17.0. The number of carbonyl (C=O) groups excluding carboxylic acids is 2. The molecule has 2 aromatic carbocycles. The number of methoxy groups -OCH3 is 1. The van der Waals surface area contributed by atoms with E-state index in [1.807, 2.05) is 12.1 Å². The van der Waals surface area contributed by atoms with E-state index >= 15 is 0 Å². The number of fused-ring (bicyclic) bond motifs is 4. The number of rotatable bonds is 5. The molecule has 0 unspecified atom stereocenters. The summed E-state index contributed by atoms with van der Waals surface area (Å²) in [5.41, 5.74) is 5.72. The van der Waals surface area contributed by atoms with E-state index in [2.05, 4.69) is 51.6 Å². The number of hydrogen-bond donors (Lipinski definition) is 0. The van der Waals surface area contributed by atoms with Crippen molar-refractivity contribution in [3.8, 4) is 5.75 Å². The number of amides is 1. The van der Waals surface area contributed by atoms with Crippen molar-refractivity contribution in [2.75, 3.05) is 43.2 Å². The van der Waals surface area contributed by atoms with E-state index in [0.29, 0.717) is 42.5 Å². The number of benzene rings is 2. The van der Waals surface area contributed by atoms with Crippen molar-refractivity contribution in [2.45, 2.75) is 70.0 Å². The molecule has 0 radical (unpaired) electrons. The van der Waals surface area contributed by atoms with Crippen LogP contribution in [-0.4, -0.2) is 70.3 Å². The highest BCUT2D eigenvalue weighted by Crippen LogP contribution is 2.47. The molecule has 10 nitrogen and oxygen atoms in total. The predicted octanol–water partition coefficient (Wildman–Crippen LogP) is 5.94. The maximum Gasteiger partial charge on any atom is 0.319 e. The molecule has 2 aliphatic carbocycles. The van der Waals surface area contributed by atoms with Crippen LogP contribution in [0.2, 0.25) is 0 Å². The highest BCUT2D eigenvalue weighted by molar-refractivity contribution is 7.94. The number of ether oxygens (including phenoxy) is 3. The van der Waals surface area contributed by atoms with Gasteiger partial charge < -0.3 is 19.1 Å². The second-order valence-electron chi connectivity index (χ2n) is 14.5. The second kappa shape index (κ2) is 14.3. The molecular weight excluding hydrogens is 653 g/mol. The van der Waals surface area contributed by atoms with E-state index in [4.69, 9.17) is 14.2 Å². The van der Waals surface area contributed by atoms with Crippen molar-refractivity contribution in [3.05, 3.63) is 88.8 Å². The number of anilines is 1. The zero-order chi connectivity index (χ0) is 34.9. The largest absolute Gasteiger partial charge is 0.490 e. The normalized spacial score (nSPS) is 28.7. The van der Waals surface area contributed by atoms with E-state index < -0.39 is 27.4 Å². The van der Waals surface area contributed by atoms with Crippen LogP contribution in [0.3, 0.4) is 0 Å². The molecular formula is C39H48N4O6S. The Hall–Kier alpha value is -3.96. The van der Waals surface area contributed by atoms with Crippen LogP contribution in [-0.2, 0) is 49.5 Å². The molecule has 1 spiro atoms. The van der Waals surface area contributed by atoms with Gasteiger partial charge in [0.15, 0.2) is 0 Å². The van der Waals surface area contributed by atoms with Crippen molar-refractivity contribution in [3.63, 3.8) is 0 Å². The van der Waals surface area contributed by atoms with Crippen LogP contribution >= 0.6 is 0 Å². The fourth-order valence-electron chi connectivity index (χ4n) is 8.27. The van der Waals surface area contributed by atoms with Crippen molar-refractivity contribution in [1.82, 2.24) is 9.78 Å². The average Bonchev–Trinajstić information content (AvgIpc) is 3.43. The van der Waals surface area contributed by atoms with Crippen molar-refractivity contribution in [2.24, 2.45) is 23.2 Å². The Bertz CT molecular complexity index is 1910. The molecule has 1 aromatic heterocycles. The first-order valence-corrected chi connectivity index (χ1v) is 19.7. The van der Waals surface area contributed by atoms with Gasteiger partial charge in [0, 0.05) is 50.2 Å². The number of carbonyl (C=O) groups is 2. The Labute approximate surface area is 295 Å². The average molecular weight is 701 g/mol. The third-order valence-electron chi connectivity index (χ3n) is 11.2. The van der Waals surface area contributed by atoms with Gasteiger partial charge in [-0.05, 0) is 99.1 Å². The molecule has 1 amide bonds. The van der Waals surface area contributed by atoms with E-state index in [1.165, 1.54) is 16.7 Å². The highest BCUT2D eigenvalue weighted by atomic mass is 32.2. The van der Waals surface area contributed by atoms with Crippen LogP contribution < -0.4 is 9.64 Å². The molecule has 0 N–H and O–H groups in total. The number of aryl methyl sites for hydroxylation is 3. The lowest BCUT2D eigenvalue weighted by Gasteiger charge is -2.46. The van der Waals surface area contributed by atoms with Gasteiger partial charge in [-0.3, -0.25) is 14.3 Å². The SMILES string of the molecule is CO[C@H]1/C=C/CCC[S@@](=O)(CC(=O)OCc2ccnn2C)=NC(=O)c2ccc3c(c2)N(C[C@@H]2CC[C@H]21)C[C@@]1(CCCc2cc(C)ccc21)CO3. The first-order valence-electron chi connectivity index (χ1n) is 17.9. The highest BCUT2D eigenvalue weighted by Gasteiger charge is 2.44. The molecule has 1 fully saturated rings. The Morgan fingerprint density at radius 1 is 1.14 bits per heavy atom. The van der Waals surface area contributed by atoms with Gasteiger partial charge in [0.25, 0.3) is 5.91 Å². The van der Waals surface area contributed by atoms with Crippen molar-refractivity contribution >= 4 is 27.3 Å². The molecule has 4 aliphatic rings. The van der Waals surface area contributed by atoms with Gasteiger partial charge in [0.2, 0.25) is 0 Å². The number of esters is 1. The molecule has 266 valence electrons. The minimum Gasteiger partial charge on any atom is -0.490 e. The van der Waals surface area contributed by atoms with Crippen LogP contribution in [0.25, 0.3) is 0 Å². The third kappa shape index (κ3) is 7.12. The Morgan fingerprint density at radius 3 is 2.80 bits per heavy atom. The predicted molar refractivity (Wildman–Crippen MR) is 193 cm³/mol. The third-order valence-corrected chi connectivity index (χ3v) is 13.3. The fourth-order valence-corrected chi connectivity index (χ4v) is 10.1. The standard InChI is InChI=1S/C39H48N4O6S/c1-27-10-14-33-28(20-27)8-7-17-39(33)25-43-22-30-11-13-32(30)35(47-3)9-5-4-6-19-50(46,24-37(44)48-23-31-16-18-40-42(31)2)41-38(45)29-12-15-36(49-26-39)34(43)21-29/h5,9-10,12,14-16,18,20-21,30,32,35H,4,6-8,11,13,17,19,22-26H2,1-3H3/b9-5+/t30-,32+,35-,39-,50+/m0/s1. The van der Waals surface area contributed by atoms with E-state index in [0.717, 1.165) is 56.6 Å². The van der Waals surface area contributed by atoms with Gasteiger partial charge in [-0.1, -0.05) is 35.9 Å². The fraction of sp³-hybridized carbons (Fsp3) is 0.513. The molecule has 3 heterocycles. The van der Waals surface area contributed by atoms with Gasteiger partial charge in [-0.2, -0.15) is 9.46 Å². The smallest absolute Gasteiger partial charge is 0.319 e. The van der Waals surface area contributed by atoms with E-state index in [9.17, 15) is 13.8 Å². The Morgan fingerprint density at radius 2 is 2.02 bits per heavy atom. The molecule has 7 rings (SSSR count). The molecule has 1 saturated carbocycles. The summed E-state index contributed by atoms with van der Waals surface area (Å²) >= 11 is 0. The zero-order valence-electron chi connectivity index (χ0n) is 29.3. The number of aromatic nitrogens is 2. The minimum absolute atomic E-state index is 0.00562. The van der Waals surface area contributed by atoms with Crippen LogP contribution in [0.5, 0.6) is 5.75 Å². The lowest BCUT2D eigenvalue weighted by atomic mass is 9.68. The van der Waals surface area contributed by atoms with Gasteiger partial charge in [0.1, 0.15) is 18.1 Å². The summed E-state index contributed by atoms with van der Waals surface area (Å²) in [5, 5.41) is 4.10. The molecule has 0 saturated heterocycles. The van der Waals surface area contributed by atoms with E-state index in [1.54, 1.807) is 37.2 Å². The number of nitrogens with zero attached hydrogens (tertiary/aromatic N) is 4. The summed E-state index contributed by atoms with van der Waals surface area (Å²) in [4.78, 5) is 29.3. The van der Waals surface area contributed by atoms with Gasteiger partial charge >= 0.3 is 5.97 Å².